The zero-order valence-corrected chi connectivity index (χ0v) is 7.07. The molecule has 1 aromatic carbocycles. The molecule has 0 fully saturated rings. The molecular weight excluding hydrogens is 174 g/mol. The van der Waals surface area contributed by atoms with Crippen LogP contribution in [0, 0.1) is 0 Å². The number of hydrogen-bond acceptors (Lipinski definition) is 5. The van der Waals surface area contributed by atoms with Crippen molar-refractivity contribution in [1.29, 1.82) is 0 Å². The first-order chi connectivity index (χ1) is 6.11. The summed E-state index contributed by atoms with van der Waals surface area (Å²) in [5, 5.41) is 39.0. The van der Waals surface area contributed by atoms with Crippen LogP contribution in [0.3, 0.4) is 0 Å². The Hall–Kier alpha value is -1.62. The maximum absolute atomic E-state index is 9.24. The molecule has 0 atom stereocenters. The Morgan fingerprint density at radius 2 is 1.77 bits per heavy atom. The second-order valence-electron chi connectivity index (χ2n) is 2.54. The lowest BCUT2D eigenvalue weighted by molar-refractivity contribution is 0.272. The number of aromatic hydroxyl groups is 3. The number of anilines is 1. The average molecular weight is 185 g/mol. The predicted molar refractivity (Wildman–Crippen MR) is 46.9 cm³/mol. The normalized spacial score (nSPS) is 10.0. The predicted octanol–water partition coefficient (Wildman–Crippen LogP) is 0.337. The van der Waals surface area contributed by atoms with Gasteiger partial charge in [-0.25, -0.2) is 0 Å². The topological polar surface area (TPSA) is 93.0 Å². The first-order valence-corrected chi connectivity index (χ1v) is 3.67. The summed E-state index contributed by atoms with van der Waals surface area (Å²) in [7, 11) is 1.55. The Morgan fingerprint density at radius 1 is 1.15 bits per heavy atom. The van der Waals surface area contributed by atoms with E-state index in [0.29, 0.717) is 0 Å². The monoisotopic (exact) mass is 185 g/mol. The molecule has 13 heavy (non-hydrogen) atoms. The van der Waals surface area contributed by atoms with Crippen LogP contribution in [0.4, 0.5) is 5.69 Å². The van der Waals surface area contributed by atoms with Gasteiger partial charge in [0.25, 0.3) is 0 Å². The Labute approximate surface area is 74.9 Å². The highest BCUT2D eigenvalue weighted by molar-refractivity contribution is 5.68. The van der Waals surface area contributed by atoms with E-state index in [1.165, 1.54) is 6.07 Å². The molecule has 0 saturated heterocycles. The Bertz CT molecular complexity index is 296. The summed E-state index contributed by atoms with van der Waals surface area (Å²) in [6, 6.07) is 1.35. The van der Waals surface area contributed by atoms with Gasteiger partial charge >= 0.3 is 0 Å². The molecule has 5 N–H and O–H groups in total. The van der Waals surface area contributed by atoms with Gasteiger partial charge in [0.2, 0.25) is 5.75 Å². The number of phenolic OH excluding ortho intramolecular Hbond substituents is 2. The Balaban J connectivity index is 3.36. The highest BCUT2D eigenvalue weighted by Gasteiger charge is 2.14. The van der Waals surface area contributed by atoms with Gasteiger partial charge in [0.15, 0.2) is 11.5 Å². The summed E-state index contributed by atoms with van der Waals surface area (Å²) >= 11 is 0. The number of aliphatic hydroxyl groups is 1. The number of benzene rings is 1. The van der Waals surface area contributed by atoms with Crippen molar-refractivity contribution < 1.29 is 20.4 Å². The van der Waals surface area contributed by atoms with Crippen LogP contribution in [-0.2, 0) is 6.61 Å². The van der Waals surface area contributed by atoms with E-state index in [-0.39, 0.29) is 11.3 Å². The molecule has 0 bridgehead atoms. The van der Waals surface area contributed by atoms with E-state index in [4.69, 9.17) is 5.11 Å². The van der Waals surface area contributed by atoms with E-state index in [9.17, 15) is 15.3 Å². The summed E-state index contributed by atoms with van der Waals surface area (Å²) in [5.41, 5.74) is 0.402. The lowest BCUT2D eigenvalue weighted by atomic mass is 10.1. The molecule has 1 rings (SSSR count). The van der Waals surface area contributed by atoms with Crippen molar-refractivity contribution in [3.05, 3.63) is 11.6 Å². The van der Waals surface area contributed by atoms with E-state index in [1.54, 1.807) is 7.05 Å². The fraction of sp³-hybridized carbons (Fsp3) is 0.250. The van der Waals surface area contributed by atoms with Gasteiger partial charge in [-0.05, 0) is 6.07 Å². The highest BCUT2D eigenvalue weighted by atomic mass is 16.3. The van der Waals surface area contributed by atoms with Crippen LogP contribution in [0.25, 0.3) is 0 Å². The van der Waals surface area contributed by atoms with Gasteiger partial charge in [-0.2, -0.15) is 0 Å². The molecule has 0 unspecified atom stereocenters. The zero-order valence-electron chi connectivity index (χ0n) is 7.07. The van der Waals surface area contributed by atoms with Gasteiger partial charge in [0, 0.05) is 12.6 Å². The van der Waals surface area contributed by atoms with E-state index >= 15 is 0 Å². The van der Waals surface area contributed by atoms with Crippen LogP contribution in [0.1, 0.15) is 5.56 Å². The first kappa shape index (κ1) is 9.47. The molecule has 0 aliphatic heterocycles. The molecule has 5 nitrogen and oxygen atoms in total. The van der Waals surface area contributed by atoms with Gasteiger partial charge in [0.1, 0.15) is 0 Å². The molecule has 0 aliphatic rings. The van der Waals surface area contributed by atoms with Crippen molar-refractivity contribution in [3.8, 4) is 17.2 Å². The number of aliphatic hydroxyl groups excluding tert-OH is 1. The molecule has 1 aromatic rings. The van der Waals surface area contributed by atoms with Crippen molar-refractivity contribution in [3.63, 3.8) is 0 Å². The Morgan fingerprint density at radius 3 is 2.23 bits per heavy atom. The minimum Gasteiger partial charge on any atom is -0.504 e. The smallest absolute Gasteiger partial charge is 0.202 e. The molecule has 0 heterocycles. The molecule has 0 radical (unpaired) electrons. The van der Waals surface area contributed by atoms with Crippen LogP contribution >= 0.6 is 0 Å². The number of phenols is 3. The fourth-order valence-corrected chi connectivity index (χ4v) is 1.01. The quantitative estimate of drug-likeness (QED) is 0.338. The van der Waals surface area contributed by atoms with Crippen LogP contribution in [-0.4, -0.2) is 27.5 Å². The molecule has 0 amide bonds. The van der Waals surface area contributed by atoms with E-state index in [0.717, 1.165) is 0 Å². The standard InChI is InChI=1S/C8H11NO4/c1-9-5-2-4(3-10)6(11)8(13)7(5)12/h2,9-13H,3H2,1H3. The first-order valence-electron chi connectivity index (χ1n) is 3.67. The highest BCUT2D eigenvalue weighted by Crippen LogP contribution is 2.42. The summed E-state index contributed by atoms with van der Waals surface area (Å²) in [6.45, 7) is -0.408. The molecular formula is C8H11NO4. The lowest BCUT2D eigenvalue weighted by Crippen LogP contribution is -1.93. The van der Waals surface area contributed by atoms with E-state index in [1.807, 2.05) is 0 Å². The maximum atomic E-state index is 9.24. The summed E-state index contributed by atoms with van der Waals surface area (Å²) in [6.07, 6.45) is 0. The minimum absolute atomic E-state index is 0.152. The maximum Gasteiger partial charge on any atom is 0.202 e. The SMILES string of the molecule is CNc1cc(CO)c(O)c(O)c1O. The number of rotatable bonds is 2. The largest absolute Gasteiger partial charge is 0.504 e. The molecule has 0 spiro atoms. The van der Waals surface area contributed by atoms with Crippen molar-refractivity contribution in [2.45, 2.75) is 6.61 Å². The average Bonchev–Trinajstić information content (AvgIpc) is 2.15. The third kappa shape index (κ3) is 1.46. The second-order valence-corrected chi connectivity index (χ2v) is 2.54. The van der Waals surface area contributed by atoms with Gasteiger partial charge in [0.05, 0.1) is 12.3 Å². The Kier molecular flexibility index (Phi) is 2.48. The van der Waals surface area contributed by atoms with Crippen LogP contribution in [0.2, 0.25) is 0 Å². The van der Waals surface area contributed by atoms with Crippen molar-refractivity contribution in [2.24, 2.45) is 0 Å². The van der Waals surface area contributed by atoms with E-state index < -0.39 is 23.9 Å². The van der Waals surface area contributed by atoms with Gasteiger partial charge in [-0.1, -0.05) is 0 Å². The molecule has 5 heteroatoms. The van der Waals surface area contributed by atoms with Crippen molar-refractivity contribution in [1.82, 2.24) is 0 Å². The molecule has 0 aromatic heterocycles. The van der Waals surface area contributed by atoms with Crippen molar-refractivity contribution in [2.75, 3.05) is 12.4 Å². The summed E-state index contributed by atoms with van der Waals surface area (Å²) in [5.74, 6) is -1.56. The third-order valence-electron chi connectivity index (χ3n) is 1.77. The van der Waals surface area contributed by atoms with Gasteiger partial charge in [-0.15, -0.1) is 0 Å². The third-order valence-corrected chi connectivity index (χ3v) is 1.77. The number of hydrogen-bond donors (Lipinski definition) is 5. The van der Waals surface area contributed by atoms with Gasteiger partial charge < -0.3 is 25.7 Å². The minimum atomic E-state index is -0.629. The second kappa shape index (κ2) is 3.40. The van der Waals surface area contributed by atoms with Crippen LogP contribution in [0.5, 0.6) is 17.2 Å². The van der Waals surface area contributed by atoms with Crippen LogP contribution < -0.4 is 5.32 Å². The molecule has 0 saturated carbocycles. The molecule has 0 aliphatic carbocycles. The summed E-state index contributed by atoms with van der Waals surface area (Å²) < 4.78 is 0. The number of nitrogens with one attached hydrogen (secondary N) is 1. The zero-order chi connectivity index (χ0) is 10.0. The lowest BCUT2D eigenvalue weighted by Gasteiger charge is -2.10. The van der Waals surface area contributed by atoms with Crippen molar-refractivity contribution >= 4 is 5.69 Å². The van der Waals surface area contributed by atoms with E-state index in [2.05, 4.69) is 5.32 Å². The van der Waals surface area contributed by atoms with Gasteiger partial charge in [-0.3, -0.25) is 0 Å². The fourth-order valence-electron chi connectivity index (χ4n) is 1.01. The van der Waals surface area contributed by atoms with Crippen LogP contribution in [0.15, 0.2) is 6.07 Å². The molecule has 72 valence electrons. The summed E-state index contributed by atoms with van der Waals surface area (Å²) in [4.78, 5) is 0.